The highest BCUT2D eigenvalue weighted by Crippen LogP contribution is 2.23. The van der Waals surface area contributed by atoms with Gasteiger partial charge in [0.15, 0.2) is 5.13 Å². The molecule has 0 aromatic carbocycles. The van der Waals surface area contributed by atoms with Crippen molar-refractivity contribution in [2.24, 2.45) is 7.05 Å². The summed E-state index contributed by atoms with van der Waals surface area (Å²) in [5, 5.41) is 7.60. The quantitative estimate of drug-likeness (QED) is 0.799. The highest BCUT2D eigenvalue weighted by atomic mass is 32.1. The van der Waals surface area contributed by atoms with Crippen molar-refractivity contribution in [3.05, 3.63) is 47.0 Å². The summed E-state index contributed by atoms with van der Waals surface area (Å²) in [6.07, 6.45) is 7.76. The van der Waals surface area contributed by atoms with E-state index in [4.69, 9.17) is 0 Å². The lowest BCUT2D eigenvalue weighted by Crippen LogP contribution is -2.12. The Hall–Kier alpha value is -2.54. The van der Waals surface area contributed by atoms with E-state index >= 15 is 0 Å². The number of aromatic nitrogens is 4. The van der Waals surface area contributed by atoms with E-state index in [9.17, 15) is 4.79 Å². The van der Waals surface area contributed by atoms with E-state index in [0.29, 0.717) is 10.7 Å². The van der Waals surface area contributed by atoms with Crippen molar-refractivity contribution in [1.29, 1.82) is 0 Å². The number of anilines is 1. The number of amides is 1. The first kappa shape index (κ1) is 15.4. The molecule has 0 aliphatic heterocycles. The zero-order chi connectivity index (χ0) is 16.4. The number of thiazole rings is 1. The van der Waals surface area contributed by atoms with Crippen LogP contribution in [0.3, 0.4) is 0 Å². The van der Waals surface area contributed by atoms with Gasteiger partial charge in [-0.2, -0.15) is 5.10 Å². The minimum Gasteiger partial charge on any atom is -0.298 e. The monoisotopic (exact) mass is 327 g/mol. The molecule has 1 amide bonds. The topological polar surface area (TPSA) is 72.7 Å². The van der Waals surface area contributed by atoms with Crippen LogP contribution >= 0.6 is 11.3 Å². The fourth-order valence-corrected chi connectivity index (χ4v) is 3.17. The van der Waals surface area contributed by atoms with E-state index in [1.807, 2.05) is 20.2 Å². The van der Waals surface area contributed by atoms with Crippen molar-refractivity contribution in [3.63, 3.8) is 0 Å². The Kier molecular flexibility index (Phi) is 4.20. The molecule has 0 saturated carbocycles. The van der Waals surface area contributed by atoms with Crippen molar-refractivity contribution in [2.45, 2.75) is 20.3 Å². The van der Waals surface area contributed by atoms with Gasteiger partial charge in [-0.3, -0.25) is 19.8 Å². The number of nitrogens with zero attached hydrogens (tertiary/aromatic N) is 4. The lowest BCUT2D eigenvalue weighted by molar-refractivity contribution is 0.102. The maximum Gasteiger partial charge on any atom is 0.259 e. The van der Waals surface area contributed by atoms with E-state index < -0.39 is 0 Å². The van der Waals surface area contributed by atoms with E-state index in [1.165, 1.54) is 11.3 Å². The number of rotatable bonds is 4. The summed E-state index contributed by atoms with van der Waals surface area (Å²) in [5.74, 6) is -0.209. The van der Waals surface area contributed by atoms with Gasteiger partial charge in [-0.15, -0.1) is 11.3 Å². The summed E-state index contributed by atoms with van der Waals surface area (Å²) in [6.45, 7) is 4.06. The maximum absolute atomic E-state index is 12.4. The standard InChI is InChI=1S/C16H17N5OS/c1-4-14-10(2)23-16(19-14)20-15(22)12-5-11(6-17-7-12)13-8-18-21(3)9-13/h5-9H,4H2,1-3H3,(H,19,20,22). The summed E-state index contributed by atoms with van der Waals surface area (Å²) < 4.78 is 1.71. The molecule has 23 heavy (non-hydrogen) atoms. The molecular formula is C16H17N5OS. The molecule has 0 saturated heterocycles. The molecule has 118 valence electrons. The van der Waals surface area contributed by atoms with Gasteiger partial charge in [0.2, 0.25) is 0 Å². The molecule has 0 atom stereocenters. The Bertz CT molecular complexity index is 852. The average Bonchev–Trinajstić information content (AvgIpc) is 3.13. The molecule has 0 bridgehead atoms. The third-order valence-electron chi connectivity index (χ3n) is 3.49. The van der Waals surface area contributed by atoms with Gasteiger partial charge in [-0.1, -0.05) is 6.92 Å². The number of carbonyl (C=O) groups is 1. The molecule has 0 radical (unpaired) electrons. The second-order valence-corrected chi connectivity index (χ2v) is 6.40. The molecule has 3 rings (SSSR count). The number of aryl methyl sites for hydroxylation is 3. The summed E-state index contributed by atoms with van der Waals surface area (Å²) in [4.78, 5) is 22.1. The fraction of sp³-hybridized carbons (Fsp3) is 0.250. The highest BCUT2D eigenvalue weighted by molar-refractivity contribution is 7.15. The summed E-state index contributed by atoms with van der Waals surface area (Å²) in [7, 11) is 1.85. The van der Waals surface area contributed by atoms with Gasteiger partial charge in [0.05, 0.1) is 17.5 Å². The molecule has 0 unspecified atom stereocenters. The molecular weight excluding hydrogens is 310 g/mol. The van der Waals surface area contributed by atoms with Gasteiger partial charge >= 0.3 is 0 Å². The van der Waals surface area contributed by atoms with E-state index in [-0.39, 0.29) is 5.91 Å². The molecule has 0 aliphatic rings. The second kappa shape index (κ2) is 6.29. The molecule has 3 aromatic heterocycles. The number of carbonyl (C=O) groups excluding carboxylic acids is 1. The zero-order valence-electron chi connectivity index (χ0n) is 13.2. The van der Waals surface area contributed by atoms with Gasteiger partial charge < -0.3 is 0 Å². The van der Waals surface area contributed by atoms with Crippen molar-refractivity contribution in [2.75, 3.05) is 5.32 Å². The SMILES string of the molecule is CCc1nc(NC(=O)c2cncc(-c3cnn(C)c3)c2)sc1C. The van der Waals surface area contributed by atoms with Gasteiger partial charge in [0.25, 0.3) is 5.91 Å². The zero-order valence-corrected chi connectivity index (χ0v) is 14.0. The van der Waals surface area contributed by atoms with E-state index in [2.05, 4.69) is 27.3 Å². The van der Waals surface area contributed by atoms with Crippen molar-refractivity contribution in [3.8, 4) is 11.1 Å². The number of hydrogen-bond acceptors (Lipinski definition) is 5. The Balaban J connectivity index is 1.82. The molecule has 3 aromatic rings. The molecule has 1 N–H and O–H groups in total. The van der Waals surface area contributed by atoms with Crippen LogP contribution in [0, 0.1) is 6.92 Å². The normalized spacial score (nSPS) is 10.7. The van der Waals surface area contributed by atoms with Crippen LogP contribution < -0.4 is 5.32 Å². The molecule has 6 nitrogen and oxygen atoms in total. The third kappa shape index (κ3) is 3.29. The molecule has 0 fully saturated rings. The van der Waals surface area contributed by atoms with Crippen molar-refractivity contribution in [1.82, 2.24) is 19.7 Å². The number of nitrogens with one attached hydrogen (secondary N) is 1. The minimum atomic E-state index is -0.209. The van der Waals surface area contributed by atoms with Crippen LogP contribution in [0.4, 0.5) is 5.13 Å². The average molecular weight is 327 g/mol. The molecule has 0 aliphatic carbocycles. The largest absolute Gasteiger partial charge is 0.298 e. The minimum absolute atomic E-state index is 0.209. The third-order valence-corrected chi connectivity index (χ3v) is 4.42. The summed E-state index contributed by atoms with van der Waals surface area (Å²) >= 11 is 1.49. The Morgan fingerprint density at radius 2 is 2.13 bits per heavy atom. The highest BCUT2D eigenvalue weighted by Gasteiger charge is 2.12. The van der Waals surface area contributed by atoms with Crippen LogP contribution in [0.1, 0.15) is 27.9 Å². The summed E-state index contributed by atoms with van der Waals surface area (Å²) in [5.41, 5.74) is 3.30. The van der Waals surface area contributed by atoms with Crippen LogP contribution in [0.25, 0.3) is 11.1 Å². The first-order chi connectivity index (χ1) is 11.1. The van der Waals surface area contributed by atoms with Crippen LogP contribution in [0.2, 0.25) is 0 Å². The first-order valence-electron chi connectivity index (χ1n) is 7.28. The van der Waals surface area contributed by atoms with Gasteiger partial charge in [0.1, 0.15) is 0 Å². The Morgan fingerprint density at radius 3 is 2.78 bits per heavy atom. The Labute approximate surface area is 138 Å². The lowest BCUT2D eigenvalue weighted by Gasteiger charge is -2.03. The van der Waals surface area contributed by atoms with Crippen molar-refractivity contribution < 1.29 is 4.79 Å². The van der Waals surface area contributed by atoms with E-state index in [1.54, 1.807) is 29.3 Å². The van der Waals surface area contributed by atoms with Crippen LogP contribution in [-0.4, -0.2) is 25.7 Å². The first-order valence-corrected chi connectivity index (χ1v) is 8.10. The second-order valence-electron chi connectivity index (χ2n) is 5.19. The van der Waals surface area contributed by atoms with Crippen LogP contribution in [-0.2, 0) is 13.5 Å². The van der Waals surface area contributed by atoms with Gasteiger partial charge in [0, 0.05) is 41.6 Å². The van der Waals surface area contributed by atoms with Crippen molar-refractivity contribution >= 4 is 22.4 Å². The van der Waals surface area contributed by atoms with E-state index in [0.717, 1.165) is 28.1 Å². The molecule has 3 heterocycles. The van der Waals surface area contributed by atoms with Gasteiger partial charge in [-0.25, -0.2) is 4.98 Å². The predicted octanol–water partition coefficient (Wildman–Crippen LogP) is 3.06. The summed E-state index contributed by atoms with van der Waals surface area (Å²) in [6, 6.07) is 1.81. The molecule has 0 spiro atoms. The fourth-order valence-electron chi connectivity index (χ4n) is 2.27. The van der Waals surface area contributed by atoms with Gasteiger partial charge in [-0.05, 0) is 19.4 Å². The molecule has 7 heteroatoms. The van der Waals surface area contributed by atoms with Crippen LogP contribution in [0.15, 0.2) is 30.9 Å². The van der Waals surface area contributed by atoms with Crippen LogP contribution in [0.5, 0.6) is 0 Å². The lowest BCUT2D eigenvalue weighted by atomic mass is 10.1. The Morgan fingerprint density at radius 1 is 1.30 bits per heavy atom. The predicted molar refractivity (Wildman–Crippen MR) is 90.6 cm³/mol. The smallest absolute Gasteiger partial charge is 0.259 e. The number of hydrogen-bond donors (Lipinski definition) is 1. The maximum atomic E-state index is 12.4. The number of pyridine rings is 1.